The predicted octanol–water partition coefficient (Wildman–Crippen LogP) is 0.972. The zero-order valence-electron chi connectivity index (χ0n) is 16.7. The van der Waals surface area contributed by atoms with Crippen molar-refractivity contribution in [3.8, 4) is 6.07 Å². The van der Waals surface area contributed by atoms with Crippen molar-refractivity contribution in [2.24, 2.45) is 0 Å². The smallest absolute Gasteiger partial charge is 0.233 e. The fraction of sp³-hybridized carbons (Fsp3) is 0.611. The van der Waals surface area contributed by atoms with Crippen molar-refractivity contribution in [2.45, 2.75) is 15.2 Å². The van der Waals surface area contributed by atoms with E-state index in [4.69, 9.17) is 9.47 Å². The average Bonchev–Trinajstić information content (AvgIpc) is 2.81. The molecule has 2 amide bonds. The van der Waals surface area contributed by atoms with Gasteiger partial charge in [-0.3, -0.25) is 9.59 Å². The molecule has 2 aliphatic heterocycles. The van der Waals surface area contributed by atoms with E-state index >= 15 is 0 Å². The molecule has 0 aliphatic carbocycles. The van der Waals surface area contributed by atoms with Crippen LogP contribution in [-0.2, 0) is 19.1 Å². The van der Waals surface area contributed by atoms with Gasteiger partial charge in [0.25, 0.3) is 0 Å². The summed E-state index contributed by atoms with van der Waals surface area (Å²) in [7, 11) is 0. The molecule has 162 valence electrons. The summed E-state index contributed by atoms with van der Waals surface area (Å²) in [5, 5.41) is 11.0. The number of rotatable bonds is 7. The van der Waals surface area contributed by atoms with Gasteiger partial charge in [-0.25, -0.2) is 9.97 Å². The Morgan fingerprint density at radius 1 is 0.933 bits per heavy atom. The molecule has 0 radical (unpaired) electrons. The molecule has 0 aromatic carbocycles. The number of carbonyl (C=O) groups is 2. The van der Waals surface area contributed by atoms with E-state index in [0.29, 0.717) is 73.4 Å². The van der Waals surface area contributed by atoms with Crippen LogP contribution in [-0.4, -0.2) is 102 Å². The third-order valence-corrected chi connectivity index (χ3v) is 6.99. The van der Waals surface area contributed by atoms with Crippen LogP contribution in [0.1, 0.15) is 5.56 Å². The van der Waals surface area contributed by atoms with Gasteiger partial charge in [-0.2, -0.15) is 5.26 Å². The van der Waals surface area contributed by atoms with Crippen LogP contribution in [0.3, 0.4) is 0 Å². The first kappa shape index (κ1) is 23.1. The zero-order valence-corrected chi connectivity index (χ0v) is 19.1. The first-order chi connectivity index (χ1) is 14.6. The fourth-order valence-corrected chi connectivity index (χ4v) is 5.21. The lowest BCUT2D eigenvalue weighted by atomic mass is 10.4. The van der Waals surface area contributed by atoms with Crippen molar-refractivity contribution >= 4 is 47.1 Å². The molecule has 2 fully saturated rings. The lowest BCUT2D eigenvalue weighted by molar-refractivity contribution is -0.133. The second-order valence-electron chi connectivity index (χ2n) is 6.37. The highest BCUT2D eigenvalue weighted by Crippen LogP contribution is 2.30. The van der Waals surface area contributed by atoms with Crippen LogP contribution in [0.15, 0.2) is 15.2 Å². The molecule has 2 aliphatic rings. The number of morpholine rings is 2. The van der Waals surface area contributed by atoms with Gasteiger partial charge in [-0.1, -0.05) is 23.5 Å². The standard InChI is InChI=1S/C18H23N5O4S3/c1-28-16-13(10-19)17(29-11-14(24)22-2-6-26-7-3-22)21-18(20-16)30-12-15(25)23-4-8-27-9-5-23/h2-9,11-12H2,1H3. The molecule has 0 atom stereocenters. The number of thioether (sulfide) groups is 3. The van der Waals surface area contributed by atoms with Crippen molar-refractivity contribution < 1.29 is 19.1 Å². The van der Waals surface area contributed by atoms with Crippen LogP contribution >= 0.6 is 35.3 Å². The lowest BCUT2D eigenvalue weighted by Gasteiger charge is -2.26. The summed E-state index contributed by atoms with van der Waals surface area (Å²) in [5.74, 6) is 0.416. The predicted molar refractivity (Wildman–Crippen MR) is 115 cm³/mol. The summed E-state index contributed by atoms with van der Waals surface area (Å²) < 4.78 is 10.6. The number of amides is 2. The summed E-state index contributed by atoms with van der Waals surface area (Å²) in [6.45, 7) is 4.54. The molecule has 0 bridgehead atoms. The Bertz CT molecular complexity index is 808. The third kappa shape index (κ3) is 6.24. The number of hydrogen-bond donors (Lipinski definition) is 0. The van der Waals surface area contributed by atoms with Crippen LogP contribution in [0.25, 0.3) is 0 Å². The molecule has 30 heavy (non-hydrogen) atoms. The van der Waals surface area contributed by atoms with Crippen LogP contribution in [0, 0.1) is 11.3 Å². The van der Waals surface area contributed by atoms with Gasteiger partial charge in [0, 0.05) is 26.2 Å². The third-order valence-electron chi connectivity index (χ3n) is 4.51. The van der Waals surface area contributed by atoms with Crippen LogP contribution in [0.5, 0.6) is 0 Å². The molecule has 3 heterocycles. The first-order valence-electron chi connectivity index (χ1n) is 9.45. The summed E-state index contributed by atoms with van der Waals surface area (Å²) in [6, 6.07) is 2.15. The van der Waals surface area contributed by atoms with E-state index in [0.717, 1.165) is 0 Å². The van der Waals surface area contributed by atoms with E-state index in [2.05, 4.69) is 16.0 Å². The second kappa shape index (κ2) is 11.8. The van der Waals surface area contributed by atoms with E-state index < -0.39 is 0 Å². The van der Waals surface area contributed by atoms with Crippen molar-refractivity contribution in [1.29, 1.82) is 5.26 Å². The molecule has 1 aromatic heterocycles. The van der Waals surface area contributed by atoms with Crippen molar-refractivity contribution in [3.05, 3.63) is 5.56 Å². The molecular formula is C18H23N5O4S3. The fourth-order valence-electron chi connectivity index (χ4n) is 2.88. The molecule has 1 aromatic rings. The van der Waals surface area contributed by atoms with Crippen molar-refractivity contribution in [3.63, 3.8) is 0 Å². The number of ether oxygens (including phenoxy) is 2. The summed E-state index contributed by atoms with van der Waals surface area (Å²) in [4.78, 5) is 37.3. The second-order valence-corrected chi connectivity index (χ2v) is 9.07. The minimum atomic E-state index is -0.00629. The highest BCUT2D eigenvalue weighted by atomic mass is 32.2. The minimum Gasteiger partial charge on any atom is -0.378 e. The summed E-state index contributed by atoms with van der Waals surface area (Å²) in [6.07, 6.45) is 1.84. The topological polar surface area (TPSA) is 109 Å². The highest BCUT2D eigenvalue weighted by molar-refractivity contribution is 8.01. The van der Waals surface area contributed by atoms with Gasteiger partial charge in [0.2, 0.25) is 11.8 Å². The van der Waals surface area contributed by atoms with Crippen LogP contribution < -0.4 is 0 Å². The van der Waals surface area contributed by atoms with Gasteiger partial charge >= 0.3 is 0 Å². The zero-order chi connectivity index (χ0) is 21.3. The maximum atomic E-state index is 12.5. The number of aromatic nitrogens is 2. The molecule has 2 saturated heterocycles. The lowest BCUT2D eigenvalue weighted by Crippen LogP contribution is -2.41. The van der Waals surface area contributed by atoms with E-state index in [9.17, 15) is 14.9 Å². The molecule has 0 saturated carbocycles. The van der Waals surface area contributed by atoms with Gasteiger partial charge in [0.1, 0.15) is 21.7 Å². The molecular weight excluding hydrogens is 446 g/mol. The molecule has 0 unspecified atom stereocenters. The maximum absolute atomic E-state index is 12.5. The van der Waals surface area contributed by atoms with Gasteiger partial charge in [-0.05, 0) is 6.26 Å². The Balaban J connectivity index is 1.66. The molecule has 3 rings (SSSR count). The molecule has 9 nitrogen and oxygen atoms in total. The molecule has 12 heteroatoms. The van der Waals surface area contributed by atoms with Gasteiger partial charge in [0.05, 0.1) is 37.9 Å². The normalized spacial score (nSPS) is 16.9. The highest BCUT2D eigenvalue weighted by Gasteiger charge is 2.21. The van der Waals surface area contributed by atoms with Gasteiger partial charge in [-0.15, -0.1) is 11.8 Å². The molecule has 0 spiro atoms. The number of nitriles is 1. The Morgan fingerprint density at radius 2 is 1.43 bits per heavy atom. The number of hydrogen-bond acceptors (Lipinski definition) is 10. The largest absolute Gasteiger partial charge is 0.378 e. The van der Waals surface area contributed by atoms with Gasteiger partial charge in [0.15, 0.2) is 5.16 Å². The summed E-state index contributed by atoms with van der Waals surface area (Å²) >= 11 is 3.83. The SMILES string of the molecule is CSc1nc(SCC(=O)N2CCOCC2)nc(SCC(=O)N2CCOCC2)c1C#N. The Hall–Kier alpha value is -1.52. The van der Waals surface area contributed by atoms with E-state index in [1.54, 1.807) is 9.80 Å². The summed E-state index contributed by atoms with van der Waals surface area (Å²) in [5.41, 5.74) is 0.367. The van der Waals surface area contributed by atoms with Gasteiger partial charge < -0.3 is 19.3 Å². The van der Waals surface area contributed by atoms with E-state index in [-0.39, 0.29) is 23.3 Å². The number of nitrogens with zero attached hydrogens (tertiary/aromatic N) is 5. The van der Waals surface area contributed by atoms with E-state index in [1.165, 1.54) is 35.3 Å². The van der Waals surface area contributed by atoms with E-state index in [1.807, 2.05) is 6.26 Å². The Labute approximate surface area is 188 Å². The Kier molecular flexibility index (Phi) is 9.07. The maximum Gasteiger partial charge on any atom is 0.233 e. The Morgan fingerprint density at radius 3 is 1.93 bits per heavy atom. The van der Waals surface area contributed by atoms with Crippen molar-refractivity contribution in [1.82, 2.24) is 19.8 Å². The first-order valence-corrected chi connectivity index (χ1v) is 12.6. The van der Waals surface area contributed by atoms with Crippen LogP contribution in [0.4, 0.5) is 0 Å². The number of carbonyl (C=O) groups excluding carboxylic acids is 2. The minimum absolute atomic E-state index is 0.00629. The van der Waals surface area contributed by atoms with Crippen molar-refractivity contribution in [2.75, 3.05) is 70.4 Å². The van der Waals surface area contributed by atoms with Crippen LogP contribution in [0.2, 0.25) is 0 Å². The monoisotopic (exact) mass is 469 g/mol. The average molecular weight is 470 g/mol. The molecule has 0 N–H and O–H groups in total. The quantitative estimate of drug-likeness (QED) is 0.325.